The lowest BCUT2D eigenvalue weighted by Crippen LogP contribution is -2.17. The number of amides is 1. The molecule has 1 aromatic heterocycles. The molecule has 0 atom stereocenters. The van der Waals surface area contributed by atoms with Crippen molar-refractivity contribution >= 4 is 45.4 Å². The van der Waals surface area contributed by atoms with Gasteiger partial charge in [-0.2, -0.15) is 5.10 Å². The summed E-state index contributed by atoms with van der Waals surface area (Å²) >= 11 is 4.65. The lowest BCUT2D eigenvalue weighted by molar-refractivity contribution is 0.0739. The van der Waals surface area contributed by atoms with Crippen molar-refractivity contribution in [2.24, 2.45) is 5.10 Å². The van der Waals surface area contributed by atoms with Crippen LogP contribution in [0.5, 0.6) is 5.75 Å². The summed E-state index contributed by atoms with van der Waals surface area (Å²) < 4.78 is 6.10. The van der Waals surface area contributed by atoms with Gasteiger partial charge in [-0.05, 0) is 59.5 Å². The van der Waals surface area contributed by atoms with Crippen LogP contribution in [0.3, 0.4) is 0 Å². The standard InChI is InChI=1S/C19H13BrN2O3S/c20-15-4-1-3-14(11-15)18(23)22-21-12-13-6-8-16(9-7-13)25-19(24)17-5-2-10-26-17/h1-12H,(H,22,23)/b21-12+. The zero-order chi connectivity index (χ0) is 18.4. The Morgan fingerprint density at radius 2 is 1.88 bits per heavy atom. The summed E-state index contributed by atoms with van der Waals surface area (Å²) in [6.45, 7) is 0. The van der Waals surface area contributed by atoms with Crippen LogP contribution in [-0.2, 0) is 0 Å². The van der Waals surface area contributed by atoms with Crippen molar-refractivity contribution in [3.63, 3.8) is 0 Å². The highest BCUT2D eigenvalue weighted by molar-refractivity contribution is 9.10. The van der Waals surface area contributed by atoms with Crippen LogP contribution >= 0.6 is 27.3 Å². The molecule has 0 aliphatic carbocycles. The van der Waals surface area contributed by atoms with E-state index in [0.717, 1.165) is 10.0 Å². The molecular formula is C19H13BrN2O3S. The number of carbonyl (C=O) groups excluding carboxylic acids is 2. The van der Waals surface area contributed by atoms with E-state index in [9.17, 15) is 9.59 Å². The van der Waals surface area contributed by atoms with Crippen LogP contribution in [0.1, 0.15) is 25.6 Å². The monoisotopic (exact) mass is 428 g/mol. The average Bonchev–Trinajstić information content (AvgIpc) is 3.18. The number of hydrogen-bond donors (Lipinski definition) is 1. The maximum absolute atomic E-state index is 12.0. The number of benzene rings is 2. The van der Waals surface area contributed by atoms with Crippen molar-refractivity contribution in [3.05, 3.63) is 86.5 Å². The molecule has 0 saturated heterocycles. The summed E-state index contributed by atoms with van der Waals surface area (Å²) in [4.78, 5) is 24.4. The molecule has 7 heteroatoms. The number of esters is 1. The predicted octanol–water partition coefficient (Wildman–Crippen LogP) is 4.49. The first-order valence-corrected chi connectivity index (χ1v) is 9.24. The quantitative estimate of drug-likeness (QED) is 0.281. The third-order valence-corrected chi connectivity index (χ3v) is 4.62. The molecule has 0 spiro atoms. The van der Waals surface area contributed by atoms with Gasteiger partial charge in [0.15, 0.2) is 0 Å². The number of rotatable bonds is 5. The number of nitrogens with one attached hydrogen (secondary N) is 1. The van der Waals surface area contributed by atoms with Crippen molar-refractivity contribution in [2.75, 3.05) is 0 Å². The number of hydrazone groups is 1. The molecule has 0 aliphatic heterocycles. The molecule has 26 heavy (non-hydrogen) atoms. The van der Waals surface area contributed by atoms with Crippen LogP contribution in [0.25, 0.3) is 0 Å². The van der Waals surface area contributed by atoms with E-state index >= 15 is 0 Å². The molecule has 1 amide bonds. The van der Waals surface area contributed by atoms with Crippen molar-refractivity contribution < 1.29 is 14.3 Å². The molecule has 0 aliphatic rings. The van der Waals surface area contributed by atoms with Gasteiger partial charge in [-0.1, -0.05) is 28.1 Å². The minimum atomic E-state index is -0.386. The molecule has 3 rings (SSSR count). The molecule has 0 radical (unpaired) electrons. The molecular weight excluding hydrogens is 416 g/mol. The number of carbonyl (C=O) groups is 2. The van der Waals surface area contributed by atoms with Gasteiger partial charge in [0.2, 0.25) is 0 Å². The Morgan fingerprint density at radius 1 is 1.08 bits per heavy atom. The molecule has 0 unspecified atom stereocenters. The van der Waals surface area contributed by atoms with Crippen molar-refractivity contribution in [1.29, 1.82) is 0 Å². The van der Waals surface area contributed by atoms with E-state index in [1.807, 2.05) is 11.4 Å². The Kier molecular flexibility index (Phi) is 5.93. The van der Waals surface area contributed by atoms with Gasteiger partial charge >= 0.3 is 5.97 Å². The van der Waals surface area contributed by atoms with Crippen LogP contribution in [0, 0.1) is 0 Å². The molecule has 5 nitrogen and oxygen atoms in total. The van der Waals surface area contributed by atoms with Crippen LogP contribution in [0.2, 0.25) is 0 Å². The molecule has 1 heterocycles. The zero-order valence-electron chi connectivity index (χ0n) is 13.4. The second-order valence-corrected chi connectivity index (χ2v) is 7.01. The van der Waals surface area contributed by atoms with Crippen molar-refractivity contribution in [3.8, 4) is 5.75 Å². The van der Waals surface area contributed by atoms with Gasteiger partial charge in [0.25, 0.3) is 5.91 Å². The molecule has 0 fully saturated rings. The minimum Gasteiger partial charge on any atom is -0.422 e. The highest BCUT2D eigenvalue weighted by Gasteiger charge is 2.09. The van der Waals surface area contributed by atoms with E-state index in [1.54, 1.807) is 54.6 Å². The summed E-state index contributed by atoms with van der Waals surface area (Å²) in [5, 5.41) is 5.75. The normalized spacial score (nSPS) is 10.7. The molecule has 130 valence electrons. The topological polar surface area (TPSA) is 67.8 Å². The lowest BCUT2D eigenvalue weighted by Gasteiger charge is -2.03. The van der Waals surface area contributed by atoms with E-state index in [2.05, 4.69) is 26.5 Å². The summed E-state index contributed by atoms with van der Waals surface area (Å²) in [6, 6.07) is 17.4. The maximum atomic E-state index is 12.0. The summed E-state index contributed by atoms with van der Waals surface area (Å²) in [7, 11) is 0. The number of nitrogens with zero attached hydrogens (tertiary/aromatic N) is 1. The number of ether oxygens (including phenoxy) is 1. The van der Waals surface area contributed by atoms with Gasteiger partial charge in [0.1, 0.15) is 10.6 Å². The summed E-state index contributed by atoms with van der Waals surface area (Å²) in [5.41, 5.74) is 3.73. The maximum Gasteiger partial charge on any atom is 0.353 e. The summed E-state index contributed by atoms with van der Waals surface area (Å²) in [6.07, 6.45) is 1.51. The first kappa shape index (κ1) is 18.0. The van der Waals surface area contributed by atoms with E-state index in [-0.39, 0.29) is 11.9 Å². The Bertz CT molecular complexity index is 938. The van der Waals surface area contributed by atoms with Gasteiger partial charge in [-0.3, -0.25) is 4.79 Å². The lowest BCUT2D eigenvalue weighted by atomic mass is 10.2. The Balaban J connectivity index is 1.56. The second-order valence-electron chi connectivity index (χ2n) is 5.15. The average molecular weight is 429 g/mol. The fourth-order valence-corrected chi connectivity index (χ4v) is 3.03. The highest BCUT2D eigenvalue weighted by atomic mass is 79.9. The van der Waals surface area contributed by atoms with Crippen LogP contribution in [0.4, 0.5) is 0 Å². The second kappa shape index (κ2) is 8.55. The molecule has 2 aromatic carbocycles. The Hall–Kier alpha value is -2.77. The third kappa shape index (κ3) is 4.87. The van der Waals surface area contributed by atoms with Crippen LogP contribution in [-0.4, -0.2) is 18.1 Å². The number of halogens is 1. The van der Waals surface area contributed by atoms with E-state index in [1.165, 1.54) is 17.6 Å². The predicted molar refractivity (Wildman–Crippen MR) is 105 cm³/mol. The fraction of sp³-hybridized carbons (Fsp3) is 0. The fourth-order valence-electron chi connectivity index (χ4n) is 2.03. The number of thiophene rings is 1. The van der Waals surface area contributed by atoms with Crippen molar-refractivity contribution in [2.45, 2.75) is 0 Å². The number of hydrogen-bond acceptors (Lipinski definition) is 5. The van der Waals surface area contributed by atoms with Gasteiger partial charge < -0.3 is 4.74 Å². The molecule has 1 N–H and O–H groups in total. The first-order chi connectivity index (χ1) is 12.6. The summed E-state index contributed by atoms with van der Waals surface area (Å²) in [5.74, 6) is -0.245. The minimum absolute atomic E-state index is 0.302. The van der Waals surface area contributed by atoms with E-state index in [0.29, 0.717) is 16.2 Å². The van der Waals surface area contributed by atoms with Crippen LogP contribution in [0.15, 0.2) is 75.6 Å². The third-order valence-electron chi connectivity index (χ3n) is 3.28. The van der Waals surface area contributed by atoms with Gasteiger partial charge in [0, 0.05) is 10.0 Å². The van der Waals surface area contributed by atoms with Gasteiger partial charge in [-0.25, -0.2) is 10.2 Å². The molecule has 0 saturated carbocycles. The highest BCUT2D eigenvalue weighted by Crippen LogP contribution is 2.16. The zero-order valence-corrected chi connectivity index (χ0v) is 15.8. The van der Waals surface area contributed by atoms with Gasteiger partial charge in [-0.15, -0.1) is 11.3 Å². The Morgan fingerprint density at radius 3 is 2.58 bits per heavy atom. The SMILES string of the molecule is O=C(N/N=C/c1ccc(OC(=O)c2cccs2)cc1)c1cccc(Br)c1. The van der Waals surface area contributed by atoms with Gasteiger partial charge in [0.05, 0.1) is 6.21 Å². The molecule has 3 aromatic rings. The van der Waals surface area contributed by atoms with Crippen LogP contribution < -0.4 is 10.2 Å². The first-order valence-electron chi connectivity index (χ1n) is 7.56. The largest absolute Gasteiger partial charge is 0.422 e. The smallest absolute Gasteiger partial charge is 0.353 e. The molecule has 0 bridgehead atoms. The Labute approximate surface area is 162 Å². The van der Waals surface area contributed by atoms with E-state index < -0.39 is 0 Å². The van der Waals surface area contributed by atoms with Crippen molar-refractivity contribution in [1.82, 2.24) is 5.43 Å². The van der Waals surface area contributed by atoms with E-state index in [4.69, 9.17) is 4.74 Å².